The third-order valence-corrected chi connectivity index (χ3v) is 5.21. The molecule has 1 unspecified atom stereocenters. The van der Waals surface area contributed by atoms with E-state index in [1.807, 2.05) is 0 Å². The van der Waals surface area contributed by atoms with Crippen molar-refractivity contribution in [3.63, 3.8) is 0 Å². The largest absolute Gasteiger partial charge is 0.444 e. The maximum Gasteiger partial charge on any atom is 0.410 e. The predicted octanol–water partition coefficient (Wildman–Crippen LogP) is 3.40. The molecule has 0 saturated carbocycles. The molecule has 3 amide bonds. The molecule has 0 radical (unpaired) electrons. The molecule has 2 atom stereocenters. The highest BCUT2D eigenvalue weighted by Crippen LogP contribution is 2.42. The Morgan fingerprint density at radius 3 is 2.55 bits per heavy atom. The van der Waals surface area contributed by atoms with Crippen molar-refractivity contribution in [3.05, 3.63) is 29.6 Å². The fourth-order valence-corrected chi connectivity index (χ4v) is 3.74. The van der Waals surface area contributed by atoms with E-state index in [0.29, 0.717) is 0 Å². The molecule has 2 aliphatic rings. The number of amides is 3. The van der Waals surface area contributed by atoms with Gasteiger partial charge in [-0.05, 0) is 51.3 Å². The minimum Gasteiger partial charge on any atom is -0.444 e. The van der Waals surface area contributed by atoms with Gasteiger partial charge in [-0.25, -0.2) is 18.0 Å². The number of imide groups is 1. The van der Waals surface area contributed by atoms with E-state index in [1.54, 1.807) is 20.8 Å². The molecule has 3 rings (SSSR count). The standard InChI is InChI=1S/C21H26F3N3O4/c1-20(2,3)31-19(30)27-9-8-14(21(23,24)11-27)13-5-4-12(10-15(13)22)25-16-6-7-17(28)26-18(16)29/h4-5,10,14,16,25H,6-9,11H2,1-3H3,(H,26,28,29)/t14-,16?/m0/s1. The number of carbonyl (C=O) groups is 3. The van der Waals surface area contributed by atoms with Crippen molar-refractivity contribution in [2.24, 2.45) is 0 Å². The summed E-state index contributed by atoms with van der Waals surface area (Å²) in [7, 11) is 0. The number of carbonyl (C=O) groups excluding carboxylic acids is 3. The SMILES string of the molecule is CC(C)(C)OC(=O)N1CC[C@@H](c2ccc(NC3CCC(=O)NC3=O)cc2F)C(F)(F)C1. The van der Waals surface area contributed by atoms with Gasteiger partial charge in [0.05, 0.1) is 12.5 Å². The Labute approximate surface area is 178 Å². The van der Waals surface area contributed by atoms with E-state index in [9.17, 15) is 27.6 Å². The summed E-state index contributed by atoms with van der Waals surface area (Å²) in [5.41, 5.74) is -0.700. The highest BCUT2D eigenvalue weighted by atomic mass is 19.3. The monoisotopic (exact) mass is 441 g/mol. The highest BCUT2D eigenvalue weighted by Gasteiger charge is 2.48. The van der Waals surface area contributed by atoms with Gasteiger partial charge in [0, 0.05) is 18.7 Å². The lowest BCUT2D eigenvalue weighted by molar-refractivity contribution is -0.133. The van der Waals surface area contributed by atoms with Gasteiger partial charge in [-0.2, -0.15) is 0 Å². The molecule has 2 N–H and O–H groups in total. The smallest absolute Gasteiger partial charge is 0.410 e. The lowest BCUT2D eigenvalue weighted by Gasteiger charge is -2.39. The van der Waals surface area contributed by atoms with Crippen molar-refractivity contribution in [3.8, 4) is 0 Å². The molecular weight excluding hydrogens is 415 g/mol. The van der Waals surface area contributed by atoms with Gasteiger partial charge in [0.15, 0.2) is 0 Å². The van der Waals surface area contributed by atoms with Crippen molar-refractivity contribution in [2.75, 3.05) is 18.4 Å². The summed E-state index contributed by atoms with van der Waals surface area (Å²) in [5.74, 6) is -6.44. The van der Waals surface area contributed by atoms with Crippen LogP contribution in [0.5, 0.6) is 0 Å². The molecule has 7 nitrogen and oxygen atoms in total. The van der Waals surface area contributed by atoms with E-state index < -0.39 is 47.8 Å². The lowest BCUT2D eigenvalue weighted by Crippen LogP contribution is -2.51. The van der Waals surface area contributed by atoms with Crippen LogP contribution in [-0.4, -0.2) is 53.5 Å². The molecule has 10 heteroatoms. The molecule has 0 aromatic heterocycles. The number of piperidine rings is 2. The first-order chi connectivity index (χ1) is 14.4. The number of nitrogens with one attached hydrogen (secondary N) is 2. The fraction of sp³-hybridized carbons (Fsp3) is 0.571. The van der Waals surface area contributed by atoms with Crippen LogP contribution in [0.4, 0.5) is 23.7 Å². The van der Waals surface area contributed by atoms with Crippen LogP contribution >= 0.6 is 0 Å². The van der Waals surface area contributed by atoms with Crippen molar-refractivity contribution in [2.45, 2.75) is 63.5 Å². The Morgan fingerprint density at radius 2 is 1.97 bits per heavy atom. The quantitative estimate of drug-likeness (QED) is 0.702. The van der Waals surface area contributed by atoms with Crippen LogP contribution in [-0.2, 0) is 14.3 Å². The number of benzene rings is 1. The normalized spacial score (nSPS) is 23.9. The topological polar surface area (TPSA) is 87.7 Å². The van der Waals surface area contributed by atoms with E-state index in [0.717, 1.165) is 11.0 Å². The van der Waals surface area contributed by atoms with Gasteiger partial charge in [0.2, 0.25) is 11.8 Å². The van der Waals surface area contributed by atoms with Crippen molar-refractivity contribution >= 4 is 23.6 Å². The molecule has 2 aliphatic heterocycles. The molecule has 170 valence electrons. The first kappa shape index (κ1) is 22.9. The maximum atomic E-state index is 14.8. The van der Waals surface area contributed by atoms with Gasteiger partial charge < -0.3 is 15.0 Å². The van der Waals surface area contributed by atoms with Gasteiger partial charge in [-0.3, -0.25) is 14.9 Å². The van der Waals surface area contributed by atoms with Crippen LogP contribution in [0.1, 0.15) is 51.5 Å². The number of ether oxygens (including phenoxy) is 1. The van der Waals surface area contributed by atoms with Crippen LogP contribution in [0.25, 0.3) is 0 Å². The molecule has 0 bridgehead atoms. The van der Waals surface area contributed by atoms with Crippen LogP contribution in [0.2, 0.25) is 0 Å². The zero-order valence-electron chi connectivity index (χ0n) is 17.6. The Bertz CT molecular complexity index is 885. The molecule has 2 fully saturated rings. The molecule has 2 heterocycles. The fourth-order valence-electron chi connectivity index (χ4n) is 3.74. The Hall–Kier alpha value is -2.78. The van der Waals surface area contributed by atoms with Crippen LogP contribution < -0.4 is 10.6 Å². The van der Waals surface area contributed by atoms with Crippen molar-refractivity contribution in [1.29, 1.82) is 0 Å². The Morgan fingerprint density at radius 1 is 1.26 bits per heavy atom. The lowest BCUT2D eigenvalue weighted by atomic mass is 9.86. The molecule has 2 saturated heterocycles. The zero-order valence-corrected chi connectivity index (χ0v) is 17.6. The average molecular weight is 441 g/mol. The second kappa shape index (κ2) is 8.39. The number of rotatable bonds is 3. The van der Waals surface area contributed by atoms with E-state index in [-0.39, 0.29) is 43.0 Å². The molecular formula is C21H26F3N3O4. The summed E-state index contributed by atoms with van der Waals surface area (Å²) >= 11 is 0. The summed E-state index contributed by atoms with van der Waals surface area (Å²) in [6, 6.07) is 3.06. The van der Waals surface area contributed by atoms with E-state index >= 15 is 0 Å². The summed E-state index contributed by atoms with van der Waals surface area (Å²) in [4.78, 5) is 36.1. The van der Waals surface area contributed by atoms with Gasteiger partial charge in [-0.15, -0.1) is 0 Å². The average Bonchev–Trinajstić information content (AvgIpc) is 2.63. The van der Waals surface area contributed by atoms with Crippen LogP contribution in [0.15, 0.2) is 18.2 Å². The second-order valence-electron chi connectivity index (χ2n) is 8.89. The van der Waals surface area contributed by atoms with Gasteiger partial charge in [0.25, 0.3) is 5.92 Å². The first-order valence-corrected chi connectivity index (χ1v) is 10.1. The van der Waals surface area contributed by atoms with Crippen LogP contribution in [0.3, 0.4) is 0 Å². The number of alkyl halides is 2. The predicted molar refractivity (Wildman–Crippen MR) is 106 cm³/mol. The number of hydrogen-bond donors (Lipinski definition) is 2. The van der Waals surface area contributed by atoms with E-state index in [2.05, 4.69) is 10.6 Å². The number of nitrogens with zero attached hydrogens (tertiary/aromatic N) is 1. The second-order valence-corrected chi connectivity index (χ2v) is 8.89. The third kappa shape index (κ3) is 5.48. The minimum absolute atomic E-state index is 0.0187. The van der Waals surface area contributed by atoms with Crippen LogP contribution in [0, 0.1) is 5.82 Å². The molecule has 1 aromatic carbocycles. The number of anilines is 1. The number of halogens is 3. The number of likely N-dealkylation sites (tertiary alicyclic amines) is 1. The highest BCUT2D eigenvalue weighted by molar-refractivity contribution is 6.01. The maximum absolute atomic E-state index is 14.8. The van der Waals surface area contributed by atoms with Crippen molar-refractivity contribution in [1.82, 2.24) is 10.2 Å². The molecule has 1 aromatic rings. The van der Waals surface area contributed by atoms with E-state index in [4.69, 9.17) is 4.74 Å². The van der Waals surface area contributed by atoms with Gasteiger partial charge >= 0.3 is 6.09 Å². The minimum atomic E-state index is -3.34. The summed E-state index contributed by atoms with van der Waals surface area (Å²) in [6.07, 6.45) is -0.528. The molecule has 0 aliphatic carbocycles. The van der Waals surface area contributed by atoms with Crippen molar-refractivity contribution < 1.29 is 32.3 Å². The summed E-state index contributed by atoms with van der Waals surface area (Å²) in [5, 5.41) is 5.01. The molecule has 31 heavy (non-hydrogen) atoms. The first-order valence-electron chi connectivity index (χ1n) is 10.1. The summed E-state index contributed by atoms with van der Waals surface area (Å²) in [6.45, 7) is 4.11. The Kier molecular flexibility index (Phi) is 6.20. The number of hydrogen-bond acceptors (Lipinski definition) is 5. The third-order valence-electron chi connectivity index (χ3n) is 5.21. The van der Waals surface area contributed by atoms with Gasteiger partial charge in [-0.1, -0.05) is 6.07 Å². The van der Waals surface area contributed by atoms with E-state index in [1.165, 1.54) is 12.1 Å². The zero-order chi connectivity index (χ0) is 23.0. The molecule has 0 spiro atoms. The summed E-state index contributed by atoms with van der Waals surface area (Å²) < 4.78 is 49.5. The Balaban J connectivity index is 1.69. The van der Waals surface area contributed by atoms with Gasteiger partial charge in [0.1, 0.15) is 17.5 Å².